The molecule has 0 amide bonds. The maximum Gasteiger partial charge on any atom is 0.119 e. The van der Waals surface area contributed by atoms with Crippen molar-refractivity contribution in [1.82, 2.24) is 4.90 Å². The lowest BCUT2D eigenvalue weighted by atomic mass is 9.95. The Labute approximate surface area is 206 Å². The first-order chi connectivity index (χ1) is 16.5. The molecule has 1 heterocycles. The van der Waals surface area contributed by atoms with E-state index >= 15 is 0 Å². The number of benzene rings is 3. The Hall–Kier alpha value is -3.04. The van der Waals surface area contributed by atoms with Crippen LogP contribution >= 0.6 is 11.6 Å². The maximum absolute atomic E-state index is 9.14. The van der Waals surface area contributed by atoms with Crippen molar-refractivity contribution in [3.8, 4) is 11.8 Å². The van der Waals surface area contributed by atoms with Crippen LogP contribution in [0.5, 0.6) is 5.75 Å². The molecule has 0 aromatic heterocycles. The van der Waals surface area contributed by atoms with Crippen LogP contribution in [0.3, 0.4) is 0 Å². The first-order valence-corrected chi connectivity index (χ1v) is 12.0. The van der Waals surface area contributed by atoms with E-state index in [1.807, 2.05) is 36.4 Å². The van der Waals surface area contributed by atoms with Gasteiger partial charge in [0.05, 0.1) is 24.3 Å². The number of nitriles is 1. The van der Waals surface area contributed by atoms with E-state index in [4.69, 9.17) is 26.7 Å². The Morgan fingerprint density at radius 3 is 2.32 bits per heavy atom. The number of aliphatic hydroxyl groups excluding tert-OH is 1. The zero-order chi connectivity index (χ0) is 24.1. The van der Waals surface area contributed by atoms with Crippen LogP contribution in [0.25, 0.3) is 0 Å². The van der Waals surface area contributed by atoms with Crippen LogP contribution in [0.1, 0.15) is 42.6 Å². The number of halogens is 1. The molecule has 5 nitrogen and oxygen atoms in total. The van der Waals surface area contributed by atoms with Gasteiger partial charge in [-0.15, -0.1) is 0 Å². The summed E-state index contributed by atoms with van der Waals surface area (Å²) in [6.45, 7) is 6.51. The molecule has 1 fully saturated rings. The van der Waals surface area contributed by atoms with Crippen molar-refractivity contribution >= 4 is 17.3 Å². The molecule has 0 bridgehead atoms. The van der Waals surface area contributed by atoms with E-state index in [1.165, 1.54) is 11.1 Å². The van der Waals surface area contributed by atoms with E-state index in [9.17, 15) is 0 Å². The van der Waals surface area contributed by atoms with Crippen molar-refractivity contribution in [2.24, 2.45) is 0 Å². The fourth-order valence-corrected chi connectivity index (χ4v) is 4.84. The second-order valence-electron chi connectivity index (χ2n) is 8.74. The summed E-state index contributed by atoms with van der Waals surface area (Å²) >= 11 is 6.19. The van der Waals surface area contributed by atoms with Crippen LogP contribution in [0.15, 0.2) is 72.8 Å². The number of nitrogens with zero attached hydrogens (tertiary/aromatic N) is 3. The van der Waals surface area contributed by atoms with E-state index in [0.717, 1.165) is 29.5 Å². The number of rotatable bonds is 7. The van der Waals surface area contributed by atoms with Gasteiger partial charge in [0, 0.05) is 35.9 Å². The van der Waals surface area contributed by atoms with Crippen LogP contribution in [0, 0.1) is 11.3 Å². The number of anilines is 1. The second kappa shape index (κ2) is 10.9. The minimum atomic E-state index is -0.00269. The standard InChI is InChI=1S/C28H30ClN3O2/c1-20-18-32(26-11-13-27(14-12-26)34-16-15-33)28(24-7-9-25(29)10-8-24)19-31(20)21(2)23-5-3-22(17-30)4-6-23/h3-14,20-21,28,33H,15-16,18-19H2,1-2H3/t20-,21-,28+/m1/s1. The molecule has 0 spiro atoms. The number of ether oxygens (including phenoxy) is 1. The zero-order valence-corrected chi connectivity index (χ0v) is 20.3. The maximum atomic E-state index is 9.14. The molecule has 0 unspecified atom stereocenters. The average molecular weight is 476 g/mol. The van der Waals surface area contributed by atoms with E-state index in [-0.39, 0.29) is 25.3 Å². The lowest BCUT2D eigenvalue weighted by molar-refractivity contribution is 0.115. The lowest BCUT2D eigenvalue weighted by Gasteiger charge is -2.49. The third kappa shape index (κ3) is 5.37. The summed E-state index contributed by atoms with van der Waals surface area (Å²) in [4.78, 5) is 4.99. The molecule has 1 aliphatic heterocycles. The van der Waals surface area contributed by atoms with Crippen molar-refractivity contribution in [3.63, 3.8) is 0 Å². The van der Waals surface area contributed by atoms with Crippen molar-refractivity contribution in [2.75, 3.05) is 31.2 Å². The number of hydrogen-bond acceptors (Lipinski definition) is 5. The van der Waals surface area contributed by atoms with Crippen molar-refractivity contribution in [2.45, 2.75) is 32.0 Å². The summed E-state index contributed by atoms with van der Waals surface area (Å²) < 4.78 is 5.55. The molecule has 4 rings (SSSR count). The van der Waals surface area contributed by atoms with Gasteiger partial charge < -0.3 is 14.7 Å². The Morgan fingerprint density at radius 2 is 1.71 bits per heavy atom. The van der Waals surface area contributed by atoms with Gasteiger partial charge in [0.15, 0.2) is 0 Å². The molecule has 0 saturated carbocycles. The molecule has 3 atom stereocenters. The van der Waals surface area contributed by atoms with E-state index in [0.29, 0.717) is 11.6 Å². The molecular formula is C28H30ClN3O2. The molecular weight excluding hydrogens is 446 g/mol. The molecule has 3 aromatic rings. The van der Waals surface area contributed by atoms with Gasteiger partial charge in [-0.2, -0.15) is 5.26 Å². The van der Waals surface area contributed by atoms with E-state index in [1.54, 1.807) is 0 Å². The number of aliphatic hydroxyl groups is 1. The predicted molar refractivity (Wildman–Crippen MR) is 136 cm³/mol. The molecule has 34 heavy (non-hydrogen) atoms. The summed E-state index contributed by atoms with van der Waals surface area (Å²) in [7, 11) is 0. The summed E-state index contributed by atoms with van der Waals surface area (Å²) in [5.74, 6) is 0.752. The van der Waals surface area contributed by atoms with Crippen molar-refractivity contribution in [3.05, 3.63) is 94.5 Å². The van der Waals surface area contributed by atoms with Gasteiger partial charge >= 0.3 is 0 Å². The van der Waals surface area contributed by atoms with Gasteiger partial charge in [0.2, 0.25) is 0 Å². The third-order valence-corrected chi connectivity index (χ3v) is 6.84. The zero-order valence-electron chi connectivity index (χ0n) is 19.6. The van der Waals surface area contributed by atoms with Crippen LogP contribution in [0.2, 0.25) is 5.02 Å². The molecule has 0 aliphatic carbocycles. The molecule has 176 valence electrons. The topological polar surface area (TPSA) is 59.7 Å². The molecule has 1 saturated heterocycles. The summed E-state index contributed by atoms with van der Waals surface area (Å²) in [5, 5.41) is 18.9. The van der Waals surface area contributed by atoms with Crippen LogP contribution in [0.4, 0.5) is 5.69 Å². The predicted octanol–water partition coefficient (Wildman–Crippen LogP) is 5.60. The van der Waals surface area contributed by atoms with Gasteiger partial charge in [-0.05, 0) is 73.5 Å². The first kappa shape index (κ1) is 24.1. The summed E-state index contributed by atoms with van der Waals surface area (Å²) in [5.41, 5.74) is 4.24. The number of hydrogen-bond donors (Lipinski definition) is 1. The fourth-order valence-electron chi connectivity index (χ4n) is 4.72. The smallest absolute Gasteiger partial charge is 0.119 e. The van der Waals surface area contributed by atoms with Gasteiger partial charge in [0.1, 0.15) is 12.4 Å². The summed E-state index contributed by atoms with van der Waals surface area (Å²) in [6.07, 6.45) is 0. The Kier molecular flexibility index (Phi) is 7.74. The quantitative estimate of drug-likeness (QED) is 0.482. The normalized spacial score (nSPS) is 19.4. The lowest BCUT2D eigenvalue weighted by Crippen LogP contribution is -2.54. The second-order valence-corrected chi connectivity index (χ2v) is 9.18. The fraction of sp³-hybridized carbons (Fsp3) is 0.321. The highest BCUT2D eigenvalue weighted by Gasteiger charge is 2.35. The highest BCUT2D eigenvalue weighted by Crippen LogP contribution is 2.37. The van der Waals surface area contributed by atoms with Crippen molar-refractivity contribution < 1.29 is 9.84 Å². The number of piperazine rings is 1. The summed E-state index contributed by atoms with van der Waals surface area (Å²) in [6, 6.07) is 27.0. The minimum absolute atomic E-state index is 0.00269. The molecule has 1 aliphatic rings. The average Bonchev–Trinajstić information content (AvgIpc) is 2.88. The Bertz CT molecular complexity index is 1110. The minimum Gasteiger partial charge on any atom is -0.491 e. The molecule has 3 aromatic carbocycles. The van der Waals surface area contributed by atoms with Crippen LogP contribution in [-0.4, -0.2) is 42.4 Å². The van der Waals surface area contributed by atoms with Crippen LogP contribution < -0.4 is 9.64 Å². The van der Waals surface area contributed by atoms with Crippen molar-refractivity contribution in [1.29, 1.82) is 5.26 Å². The van der Waals surface area contributed by atoms with E-state index < -0.39 is 0 Å². The van der Waals surface area contributed by atoms with Crippen LogP contribution in [-0.2, 0) is 0 Å². The monoisotopic (exact) mass is 475 g/mol. The third-order valence-electron chi connectivity index (χ3n) is 6.59. The Balaban J connectivity index is 1.62. The van der Waals surface area contributed by atoms with Gasteiger partial charge in [-0.1, -0.05) is 35.9 Å². The molecule has 6 heteroatoms. The van der Waals surface area contributed by atoms with E-state index in [2.05, 4.69) is 66.1 Å². The highest BCUT2D eigenvalue weighted by atomic mass is 35.5. The highest BCUT2D eigenvalue weighted by molar-refractivity contribution is 6.30. The van der Waals surface area contributed by atoms with Gasteiger partial charge in [0.25, 0.3) is 0 Å². The van der Waals surface area contributed by atoms with Gasteiger partial charge in [-0.3, -0.25) is 4.90 Å². The molecule has 1 N–H and O–H groups in total. The van der Waals surface area contributed by atoms with Gasteiger partial charge in [-0.25, -0.2) is 0 Å². The SMILES string of the molecule is C[C@@H]1CN(c2ccc(OCCO)cc2)[C@H](c2ccc(Cl)cc2)CN1[C@H](C)c1ccc(C#N)cc1. The first-order valence-electron chi connectivity index (χ1n) is 11.6. The largest absolute Gasteiger partial charge is 0.491 e. The molecule has 0 radical (unpaired) electrons. The Morgan fingerprint density at radius 1 is 1.03 bits per heavy atom.